The molecule has 0 aromatic rings. The van der Waals surface area contributed by atoms with Crippen LogP contribution in [0.5, 0.6) is 0 Å². The van der Waals surface area contributed by atoms with E-state index in [4.69, 9.17) is 9.16 Å². The van der Waals surface area contributed by atoms with Crippen molar-refractivity contribution in [3.05, 3.63) is 22.8 Å². The summed E-state index contributed by atoms with van der Waals surface area (Å²) in [5, 5.41) is 0.103. The molecule has 0 N–H and O–H groups in total. The van der Waals surface area contributed by atoms with Crippen molar-refractivity contribution in [2.24, 2.45) is 17.3 Å². The summed E-state index contributed by atoms with van der Waals surface area (Å²) in [5.74, 6) is 0.837. The van der Waals surface area contributed by atoms with Gasteiger partial charge in [0.15, 0.2) is 8.32 Å². The van der Waals surface area contributed by atoms with Crippen molar-refractivity contribution in [3.8, 4) is 0 Å². The van der Waals surface area contributed by atoms with Crippen LogP contribution in [0.1, 0.15) is 87.5 Å². The van der Waals surface area contributed by atoms with Crippen LogP contribution in [0.25, 0.3) is 0 Å². The van der Waals surface area contributed by atoms with Gasteiger partial charge >= 0.3 is 0 Å². The molecule has 4 nitrogen and oxygen atoms in total. The number of rotatable bonds is 10. The molecule has 0 saturated heterocycles. The van der Waals surface area contributed by atoms with Crippen molar-refractivity contribution >= 4 is 18.2 Å². The van der Waals surface area contributed by atoms with E-state index >= 15 is 0 Å². The lowest BCUT2D eigenvalue weighted by Gasteiger charge is -2.48. The second kappa shape index (κ2) is 10.3. The van der Waals surface area contributed by atoms with Gasteiger partial charge in [0.05, 0.1) is 11.9 Å². The van der Waals surface area contributed by atoms with Crippen molar-refractivity contribution < 1.29 is 17.6 Å². The van der Waals surface area contributed by atoms with E-state index in [-0.39, 0.29) is 16.4 Å². The molecule has 0 spiro atoms. The molecule has 2 aliphatic rings. The molecule has 1 fully saturated rings. The number of hydrogen-bond acceptors (Lipinski definition) is 4. The lowest BCUT2D eigenvalue weighted by molar-refractivity contribution is 0.0177. The fourth-order valence-corrected chi connectivity index (χ4v) is 10.0. The van der Waals surface area contributed by atoms with E-state index in [0.29, 0.717) is 18.4 Å². The SMILES string of the molecule is CC[Si](CC)(CC)O[C@H]1CCC[C@]2(C)C([C@H](C)C/C=C(/OC)S(=O)(=O)C(C)(C)C)=CC[C@@H]12. The largest absolute Gasteiger partial charge is 0.487 e. The highest BCUT2D eigenvalue weighted by atomic mass is 32.2. The third kappa shape index (κ3) is 5.22. The third-order valence-electron chi connectivity index (χ3n) is 8.48. The van der Waals surface area contributed by atoms with Crippen molar-refractivity contribution in [1.29, 1.82) is 0 Å². The van der Waals surface area contributed by atoms with Crippen molar-refractivity contribution in [1.82, 2.24) is 0 Å². The molecule has 0 amide bonds. The highest BCUT2D eigenvalue weighted by Crippen LogP contribution is 2.56. The summed E-state index contributed by atoms with van der Waals surface area (Å²) in [7, 11) is -3.66. The van der Waals surface area contributed by atoms with Crippen LogP contribution in [0.15, 0.2) is 22.8 Å². The minimum atomic E-state index is -3.48. The zero-order valence-corrected chi connectivity index (χ0v) is 23.9. The Morgan fingerprint density at radius 3 is 2.34 bits per heavy atom. The van der Waals surface area contributed by atoms with Crippen molar-refractivity contribution in [2.45, 2.75) is 116 Å². The van der Waals surface area contributed by atoms with E-state index in [0.717, 1.165) is 6.42 Å². The number of sulfone groups is 1. The minimum Gasteiger partial charge on any atom is -0.487 e. The Kier molecular flexibility index (Phi) is 8.94. The highest BCUT2D eigenvalue weighted by Gasteiger charge is 2.50. The van der Waals surface area contributed by atoms with Crippen LogP contribution in [-0.2, 0) is 19.0 Å². The Morgan fingerprint density at radius 1 is 1.25 bits per heavy atom. The highest BCUT2D eigenvalue weighted by molar-refractivity contribution is 7.96. The summed E-state index contributed by atoms with van der Waals surface area (Å²) >= 11 is 0. The Balaban J connectivity index is 2.21. The van der Waals surface area contributed by atoms with Gasteiger partial charge < -0.3 is 9.16 Å². The fourth-order valence-electron chi connectivity index (χ4n) is 5.96. The molecule has 0 radical (unpaired) electrons. The molecule has 0 heterocycles. The summed E-state index contributed by atoms with van der Waals surface area (Å²) < 4.78 is 37.2. The van der Waals surface area contributed by atoms with Crippen LogP contribution in [0.3, 0.4) is 0 Å². The third-order valence-corrected chi connectivity index (χ3v) is 15.6. The molecule has 0 aliphatic heterocycles. The van der Waals surface area contributed by atoms with Gasteiger partial charge in [-0.2, -0.15) is 0 Å². The van der Waals surface area contributed by atoms with E-state index in [1.54, 1.807) is 26.8 Å². The first-order valence-electron chi connectivity index (χ1n) is 12.7. The van der Waals surface area contributed by atoms with Gasteiger partial charge in [0, 0.05) is 6.10 Å². The number of methoxy groups -OCH3 is 1. The maximum Gasteiger partial charge on any atom is 0.215 e. The molecule has 186 valence electrons. The molecule has 1 saturated carbocycles. The minimum absolute atomic E-state index is 0.103. The first-order valence-corrected chi connectivity index (χ1v) is 16.7. The second-order valence-corrected chi connectivity index (χ2v) is 18.5. The Labute approximate surface area is 199 Å². The fraction of sp³-hybridized carbons (Fsp3) is 0.846. The van der Waals surface area contributed by atoms with Crippen LogP contribution >= 0.6 is 0 Å². The maximum atomic E-state index is 12.8. The monoisotopic (exact) mass is 484 g/mol. The lowest BCUT2D eigenvalue weighted by atomic mass is 9.63. The average Bonchev–Trinajstić information content (AvgIpc) is 3.09. The average molecular weight is 485 g/mol. The first kappa shape index (κ1) is 27.6. The normalized spacial score (nSPS) is 28.3. The van der Waals surface area contributed by atoms with E-state index < -0.39 is 22.9 Å². The van der Waals surface area contributed by atoms with Crippen molar-refractivity contribution in [2.75, 3.05) is 7.11 Å². The predicted octanol–water partition coefficient (Wildman–Crippen LogP) is 7.24. The number of hydrogen-bond donors (Lipinski definition) is 0. The van der Waals surface area contributed by atoms with Crippen LogP contribution < -0.4 is 0 Å². The topological polar surface area (TPSA) is 52.6 Å². The molecule has 0 unspecified atom stereocenters. The molecule has 0 bridgehead atoms. The summed E-state index contributed by atoms with van der Waals surface area (Å²) in [6, 6.07) is 3.59. The lowest BCUT2D eigenvalue weighted by Crippen LogP contribution is -2.48. The van der Waals surface area contributed by atoms with Gasteiger partial charge in [-0.25, -0.2) is 8.42 Å². The molecule has 0 aromatic carbocycles. The predicted molar refractivity (Wildman–Crippen MR) is 138 cm³/mol. The zero-order chi connectivity index (χ0) is 24.4. The summed E-state index contributed by atoms with van der Waals surface area (Å²) in [6.07, 6.45) is 9.97. The first-order chi connectivity index (χ1) is 14.8. The Bertz CT molecular complexity index is 796. The molecule has 6 heteroatoms. The van der Waals surface area contributed by atoms with Gasteiger partial charge in [-0.1, -0.05) is 52.7 Å². The molecule has 32 heavy (non-hydrogen) atoms. The smallest absolute Gasteiger partial charge is 0.215 e. The van der Waals surface area contributed by atoms with Crippen LogP contribution in [0, 0.1) is 17.3 Å². The van der Waals surface area contributed by atoms with Crippen LogP contribution in [0.4, 0.5) is 0 Å². The Hall–Kier alpha value is -0.593. The molecule has 2 rings (SSSR count). The standard InChI is InChI=1S/C26H48O4SSi/c1-10-32(11-2,12-3)30-23-14-13-19-26(8)21(16-17-22(23)26)20(4)15-18-24(29-9)31(27,28)25(5,6)7/h16,18,20,22-23H,10-15,17,19H2,1-9H3/b24-18-/t20-,22+,23+,26-/m1/s1. The van der Waals surface area contributed by atoms with E-state index in [9.17, 15) is 8.42 Å². The number of fused-ring (bicyclic) bond motifs is 1. The van der Waals surface area contributed by atoms with Gasteiger partial charge in [0.25, 0.3) is 0 Å². The van der Waals surface area contributed by atoms with E-state index in [1.165, 1.54) is 50.1 Å². The summed E-state index contributed by atoms with van der Waals surface area (Å²) in [6.45, 7) is 16.8. The maximum absolute atomic E-state index is 12.8. The van der Waals surface area contributed by atoms with Gasteiger partial charge in [-0.3, -0.25) is 0 Å². The molecule has 4 atom stereocenters. The Morgan fingerprint density at radius 2 is 1.84 bits per heavy atom. The molecule has 2 aliphatic carbocycles. The molecular formula is C26H48O4SSi. The molecular weight excluding hydrogens is 436 g/mol. The van der Waals surface area contributed by atoms with Gasteiger partial charge in [0.1, 0.15) is 0 Å². The van der Waals surface area contributed by atoms with E-state index in [2.05, 4.69) is 40.7 Å². The van der Waals surface area contributed by atoms with Gasteiger partial charge in [0.2, 0.25) is 14.9 Å². The number of allylic oxidation sites excluding steroid dienone is 3. The zero-order valence-electron chi connectivity index (χ0n) is 22.1. The summed E-state index contributed by atoms with van der Waals surface area (Å²) in [5.41, 5.74) is 1.65. The van der Waals surface area contributed by atoms with Crippen LogP contribution in [0.2, 0.25) is 18.1 Å². The molecule has 0 aromatic heterocycles. The van der Waals surface area contributed by atoms with Crippen LogP contribution in [-0.4, -0.2) is 34.7 Å². The number of ether oxygens (including phenoxy) is 1. The summed E-state index contributed by atoms with van der Waals surface area (Å²) in [4.78, 5) is 0. The van der Waals surface area contributed by atoms with Gasteiger partial charge in [-0.15, -0.1) is 0 Å². The van der Waals surface area contributed by atoms with Crippen molar-refractivity contribution in [3.63, 3.8) is 0 Å². The quantitative estimate of drug-likeness (QED) is 0.186. The second-order valence-electron chi connectivity index (χ2n) is 11.2. The van der Waals surface area contributed by atoms with Gasteiger partial charge in [-0.05, 0) is 87.9 Å². The van der Waals surface area contributed by atoms with E-state index in [1.807, 2.05) is 0 Å².